The highest BCUT2D eigenvalue weighted by Gasteiger charge is 2.59. The van der Waals surface area contributed by atoms with Crippen molar-refractivity contribution in [3.8, 4) is 11.8 Å². The maximum absolute atomic E-state index is 15.0. The summed E-state index contributed by atoms with van der Waals surface area (Å²) in [6.07, 6.45) is -5.38. The molecule has 1 fully saturated rings. The molecule has 10 heteroatoms. The highest BCUT2D eigenvalue weighted by Crippen LogP contribution is 2.41. The Kier molecular flexibility index (Phi) is 4.41. The van der Waals surface area contributed by atoms with Crippen LogP contribution in [0.2, 0.25) is 0 Å². The molecule has 0 radical (unpaired) electrons. The second-order valence-corrected chi connectivity index (χ2v) is 4.75. The summed E-state index contributed by atoms with van der Waals surface area (Å²) < 4.78 is 33.0. The molecule has 0 saturated carbocycles. The molecule has 120 valence electrons. The van der Waals surface area contributed by atoms with Crippen molar-refractivity contribution in [1.29, 1.82) is 0 Å². The lowest BCUT2D eigenvalue weighted by Crippen LogP contribution is -2.46. The van der Waals surface area contributed by atoms with Crippen LogP contribution in [0.5, 0.6) is 0 Å². The van der Waals surface area contributed by atoms with Gasteiger partial charge < -0.3 is 20.7 Å². The number of anilines is 1. The summed E-state index contributed by atoms with van der Waals surface area (Å²) in [6, 6.07) is 0. The van der Waals surface area contributed by atoms with Crippen molar-refractivity contribution in [2.75, 3.05) is 12.4 Å². The third-order valence-corrected chi connectivity index (χ3v) is 3.17. The number of rotatable bonds is 2. The number of hydrogen-bond acceptors (Lipinski definition) is 7. The highest BCUT2D eigenvalue weighted by atomic mass is 19.1. The van der Waals surface area contributed by atoms with E-state index in [1.165, 1.54) is 6.92 Å². The predicted octanol–water partition coefficient (Wildman–Crippen LogP) is -1.46. The molecule has 0 aliphatic carbocycles. The van der Waals surface area contributed by atoms with Gasteiger partial charge in [0.1, 0.15) is 24.7 Å². The number of aliphatic hydroxyl groups is 2. The lowest BCUT2D eigenvalue weighted by atomic mass is 9.94. The van der Waals surface area contributed by atoms with Gasteiger partial charge in [0, 0.05) is 0 Å². The van der Waals surface area contributed by atoms with E-state index in [0.717, 1.165) is 6.20 Å². The molecule has 1 aliphatic heterocycles. The summed E-state index contributed by atoms with van der Waals surface area (Å²) >= 11 is 0. The van der Waals surface area contributed by atoms with E-state index in [-0.39, 0.29) is 5.82 Å². The summed E-state index contributed by atoms with van der Waals surface area (Å²) in [7, 11) is 0. The lowest BCUT2D eigenvalue weighted by Gasteiger charge is -2.23. The van der Waals surface area contributed by atoms with Gasteiger partial charge in [-0.05, 0) is 6.92 Å². The van der Waals surface area contributed by atoms with Crippen LogP contribution in [-0.2, 0) is 4.74 Å². The van der Waals surface area contributed by atoms with Gasteiger partial charge in [0.2, 0.25) is 11.9 Å². The minimum absolute atomic E-state index is 0.189. The summed E-state index contributed by atoms with van der Waals surface area (Å²) in [5, 5.41) is 23.1. The topological polar surface area (TPSA) is 123 Å². The van der Waals surface area contributed by atoms with E-state index in [1.54, 1.807) is 0 Å². The molecule has 0 spiro atoms. The lowest BCUT2D eigenvalue weighted by molar-refractivity contribution is -0.0849. The molecule has 0 aromatic carbocycles. The van der Waals surface area contributed by atoms with Gasteiger partial charge in [-0.1, -0.05) is 11.8 Å². The smallest absolute Gasteiger partial charge is 0.368 e. The van der Waals surface area contributed by atoms with E-state index in [4.69, 9.17) is 10.5 Å². The predicted molar refractivity (Wildman–Crippen MR) is 69.9 cm³/mol. The van der Waals surface area contributed by atoms with Gasteiger partial charge in [-0.15, -0.1) is 0 Å². The molecule has 1 aromatic rings. The van der Waals surface area contributed by atoms with Crippen molar-refractivity contribution >= 4 is 5.82 Å². The van der Waals surface area contributed by atoms with Crippen LogP contribution in [0.4, 0.5) is 14.6 Å². The number of nitrogen functional groups attached to an aromatic ring is 1. The van der Waals surface area contributed by atoms with E-state index in [2.05, 4.69) is 10.1 Å². The van der Waals surface area contributed by atoms with Crippen LogP contribution < -0.4 is 11.4 Å². The Labute approximate surface area is 123 Å². The van der Waals surface area contributed by atoms with E-state index < -0.39 is 42.6 Å². The maximum atomic E-state index is 15.0. The van der Waals surface area contributed by atoms with Gasteiger partial charge in [0.25, 0.3) is 0 Å². The number of ether oxygens (including phenoxy) is 1. The van der Waals surface area contributed by atoms with Crippen LogP contribution >= 0.6 is 0 Å². The molecule has 0 bridgehead atoms. The van der Waals surface area contributed by atoms with Crippen LogP contribution in [0, 0.1) is 11.8 Å². The van der Waals surface area contributed by atoms with Gasteiger partial charge >= 0.3 is 5.69 Å². The van der Waals surface area contributed by atoms with Gasteiger partial charge in [-0.3, -0.25) is 0 Å². The second-order valence-electron chi connectivity index (χ2n) is 4.75. The number of alkyl halides is 2. The van der Waals surface area contributed by atoms with Crippen molar-refractivity contribution in [2.24, 2.45) is 0 Å². The third-order valence-electron chi connectivity index (χ3n) is 3.17. The molecule has 22 heavy (non-hydrogen) atoms. The Hall–Kier alpha value is -2.09. The number of hydrogen-bond donors (Lipinski definition) is 3. The Morgan fingerprint density at radius 3 is 2.91 bits per heavy atom. The molecule has 1 saturated heterocycles. The number of aliphatic hydroxyl groups excluding tert-OH is 2. The van der Waals surface area contributed by atoms with Crippen LogP contribution in [0.25, 0.3) is 0 Å². The zero-order valence-electron chi connectivity index (χ0n) is 11.5. The first-order valence-electron chi connectivity index (χ1n) is 6.29. The highest BCUT2D eigenvalue weighted by molar-refractivity contribution is 5.24. The average molecular weight is 316 g/mol. The van der Waals surface area contributed by atoms with Crippen LogP contribution in [0.15, 0.2) is 11.0 Å². The van der Waals surface area contributed by atoms with Gasteiger partial charge in [0.05, 0.1) is 12.3 Å². The number of nitrogens with two attached hydrogens (primary N) is 1. The van der Waals surface area contributed by atoms with Crippen LogP contribution in [0.3, 0.4) is 0 Å². The second kappa shape index (κ2) is 5.96. The molecule has 5 atom stereocenters. The van der Waals surface area contributed by atoms with Crippen molar-refractivity contribution in [3.63, 3.8) is 0 Å². The van der Waals surface area contributed by atoms with E-state index in [1.807, 2.05) is 11.8 Å². The van der Waals surface area contributed by atoms with E-state index >= 15 is 4.39 Å². The monoisotopic (exact) mass is 316 g/mol. The Bertz CT molecular complexity index is 671. The molecule has 1 aromatic heterocycles. The molecule has 8 nitrogen and oxygen atoms in total. The van der Waals surface area contributed by atoms with Crippen molar-refractivity contribution in [2.45, 2.75) is 37.1 Å². The van der Waals surface area contributed by atoms with Crippen LogP contribution in [-0.4, -0.2) is 55.6 Å². The molecule has 2 heterocycles. The van der Waals surface area contributed by atoms with Gasteiger partial charge in [-0.2, -0.15) is 14.8 Å². The SMILES string of the molecule is C[C@@H](O)[C@H]1O[C@@H](n2ncc(N)nc2=O)C(F)(C#CCF)[C@H]1O. The molecule has 1 aliphatic rings. The Balaban J connectivity index is 2.53. The van der Waals surface area contributed by atoms with Crippen molar-refractivity contribution < 1.29 is 23.7 Å². The van der Waals surface area contributed by atoms with E-state index in [0.29, 0.717) is 4.68 Å². The quantitative estimate of drug-likeness (QED) is 0.570. The zero-order valence-corrected chi connectivity index (χ0v) is 11.5. The molecule has 4 N–H and O–H groups in total. The molecular formula is C12H14F2N4O4. The third kappa shape index (κ3) is 2.66. The zero-order chi connectivity index (χ0) is 16.5. The Morgan fingerprint density at radius 1 is 1.68 bits per heavy atom. The van der Waals surface area contributed by atoms with Crippen molar-refractivity contribution in [1.82, 2.24) is 14.8 Å². The fourth-order valence-corrected chi connectivity index (χ4v) is 2.15. The van der Waals surface area contributed by atoms with Gasteiger partial charge in [0.15, 0.2) is 0 Å². The first kappa shape index (κ1) is 16.3. The first-order chi connectivity index (χ1) is 10.3. The largest absolute Gasteiger partial charge is 0.391 e. The van der Waals surface area contributed by atoms with E-state index in [9.17, 15) is 19.4 Å². The fourth-order valence-electron chi connectivity index (χ4n) is 2.15. The number of aromatic nitrogens is 3. The normalized spacial score (nSPS) is 32.3. The summed E-state index contributed by atoms with van der Waals surface area (Å²) in [5.74, 6) is 3.56. The van der Waals surface area contributed by atoms with Crippen molar-refractivity contribution in [3.05, 3.63) is 16.7 Å². The Morgan fingerprint density at radius 2 is 2.36 bits per heavy atom. The summed E-state index contributed by atoms with van der Waals surface area (Å²) in [4.78, 5) is 15.1. The standard InChI is InChI=1S/C12H14F2N4O4/c1-6(19)8-9(20)12(14,3-2-4-13)10(22-8)18-11(21)17-7(15)5-16-18/h5-6,8-10,19-20H,4H2,1H3,(H2,15,17,21)/t6-,8-,9+,10-,12?/m1/s1. The van der Waals surface area contributed by atoms with Crippen LogP contribution in [0.1, 0.15) is 13.2 Å². The molecular weight excluding hydrogens is 302 g/mol. The first-order valence-corrected chi connectivity index (χ1v) is 6.29. The minimum atomic E-state index is -2.84. The fraction of sp³-hybridized carbons (Fsp3) is 0.583. The number of nitrogens with zero attached hydrogens (tertiary/aromatic N) is 3. The number of halogens is 2. The average Bonchev–Trinajstić information content (AvgIpc) is 2.70. The molecule has 2 rings (SSSR count). The molecule has 1 unspecified atom stereocenters. The maximum Gasteiger partial charge on any atom is 0.368 e. The summed E-state index contributed by atoms with van der Waals surface area (Å²) in [5.41, 5.74) is 1.41. The summed E-state index contributed by atoms with van der Waals surface area (Å²) in [6.45, 7) is 0.101. The minimum Gasteiger partial charge on any atom is -0.391 e. The van der Waals surface area contributed by atoms with Gasteiger partial charge in [-0.25, -0.2) is 13.6 Å². The molecule has 0 amide bonds.